The lowest BCUT2D eigenvalue weighted by Gasteiger charge is -2.18. The summed E-state index contributed by atoms with van der Waals surface area (Å²) in [4.78, 5) is 21.9. The van der Waals surface area contributed by atoms with Crippen molar-refractivity contribution in [3.63, 3.8) is 0 Å². The number of alkyl carbamates (subject to hydrolysis) is 1. The number of hydrogen-bond donors (Lipinski definition) is 3. The molecule has 1 amide bonds. The molecule has 0 spiro atoms. The molecule has 1 rings (SSSR count). The lowest BCUT2D eigenvalue weighted by Crippen LogP contribution is -2.22. The summed E-state index contributed by atoms with van der Waals surface area (Å²) in [5.74, 6) is -0.643. The number of carbonyl (C=O) groups excluding carboxylic acids is 1. The van der Waals surface area contributed by atoms with Crippen LogP contribution in [0.1, 0.15) is 30.9 Å². The zero-order chi connectivity index (χ0) is 19.7. The molecule has 0 aromatic heterocycles. The monoisotopic (exact) mass is 391 g/mol. The molecule has 0 fully saturated rings. The van der Waals surface area contributed by atoms with E-state index in [0.29, 0.717) is 18.4 Å². The molecule has 1 unspecified atom stereocenters. The van der Waals surface area contributed by atoms with Crippen LogP contribution in [0, 0.1) is 10.1 Å². The molecule has 3 N–H and O–H groups in total. The Morgan fingerprint density at radius 1 is 1.35 bits per heavy atom. The molecule has 1 aromatic rings. The first-order chi connectivity index (χ1) is 12.2. The van der Waals surface area contributed by atoms with Crippen LogP contribution in [-0.2, 0) is 15.1 Å². The van der Waals surface area contributed by atoms with E-state index in [1.807, 2.05) is 0 Å². The van der Waals surface area contributed by atoms with Gasteiger partial charge in [0.2, 0.25) is 5.75 Å². The zero-order valence-corrected chi connectivity index (χ0v) is 15.1. The van der Waals surface area contributed by atoms with Crippen LogP contribution in [0.15, 0.2) is 18.2 Å². The molecule has 26 heavy (non-hydrogen) atoms. The Balaban J connectivity index is 3.13. The maximum Gasteiger partial charge on any atom is 0.446 e. The standard InChI is InChI=1S/C14H21N3O8S/c1-15-8-4-3-5-12(24-14(18)16-2)10-6-7-13(25-26(21,22)23)11(9-10)17(19)20/h6-7,9,12,15H,3-5,8H2,1-2H3,(H,16,18)(H,21,22,23). The summed E-state index contributed by atoms with van der Waals surface area (Å²) >= 11 is 0. The van der Waals surface area contributed by atoms with Crippen LogP contribution in [0.3, 0.4) is 0 Å². The largest absolute Gasteiger partial charge is 0.446 e. The molecule has 0 heterocycles. The zero-order valence-electron chi connectivity index (χ0n) is 14.3. The summed E-state index contributed by atoms with van der Waals surface area (Å²) in [7, 11) is -1.73. The van der Waals surface area contributed by atoms with E-state index in [4.69, 9.17) is 9.29 Å². The maximum absolute atomic E-state index is 11.5. The normalized spacial score (nSPS) is 12.3. The number of benzene rings is 1. The lowest BCUT2D eigenvalue weighted by molar-refractivity contribution is -0.385. The molecule has 12 heteroatoms. The van der Waals surface area contributed by atoms with Crippen LogP contribution >= 0.6 is 0 Å². The van der Waals surface area contributed by atoms with Crippen LogP contribution in [0.25, 0.3) is 0 Å². The molecule has 0 saturated carbocycles. The van der Waals surface area contributed by atoms with Crippen molar-refractivity contribution in [2.24, 2.45) is 0 Å². The molecule has 11 nitrogen and oxygen atoms in total. The number of nitro benzene ring substituents is 1. The van der Waals surface area contributed by atoms with E-state index in [1.165, 1.54) is 13.1 Å². The van der Waals surface area contributed by atoms with Gasteiger partial charge in [0.25, 0.3) is 0 Å². The summed E-state index contributed by atoms with van der Waals surface area (Å²) in [5, 5.41) is 16.5. The van der Waals surface area contributed by atoms with Gasteiger partial charge < -0.3 is 19.6 Å². The fourth-order valence-electron chi connectivity index (χ4n) is 2.17. The van der Waals surface area contributed by atoms with Crippen LogP contribution in [0.5, 0.6) is 5.75 Å². The third kappa shape index (κ3) is 7.21. The van der Waals surface area contributed by atoms with Crippen LogP contribution in [0.4, 0.5) is 10.5 Å². The second-order valence-corrected chi connectivity index (χ2v) is 6.26. The van der Waals surface area contributed by atoms with E-state index >= 15 is 0 Å². The molecule has 0 saturated heterocycles. The number of nitrogens with one attached hydrogen (secondary N) is 2. The van der Waals surface area contributed by atoms with Gasteiger partial charge in [0.05, 0.1) is 4.92 Å². The van der Waals surface area contributed by atoms with Crippen molar-refractivity contribution in [3.05, 3.63) is 33.9 Å². The minimum absolute atomic E-state index is 0.299. The molecular weight excluding hydrogens is 370 g/mol. The van der Waals surface area contributed by atoms with Crippen molar-refractivity contribution >= 4 is 22.2 Å². The number of rotatable bonds is 10. The Bertz CT molecular complexity index is 738. The number of carbonyl (C=O) groups is 1. The SMILES string of the molecule is CNCCCCC(OC(=O)NC)c1ccc(OS(=O)(=O)O)c([N+](=O)[O-])c1. The summed E-state index contributed by atoms with van der Waals surface area (Å²) in [5.41, 5.74) is -0.381. The first kappa shape index (κ1) is 21.6. The van der Waals surface area contributed by atoms with Crippen molar-refractivity contribution in [2.45, 2.75) is 25.4 Å². The molecule has 0 aliphatic heterocycles. The number of unbranched alkanes of at least 4 members (excludes halogenated alkanes) is 1. The molecule has 0 radical (unpaired) electrons. The predicted molar refractivity (Wildman–Crippen MR) is 91.3 cm³/mol. The highest BCUT2D eigenvalue weighted by Gasteiger charge is 2.24. The average Bonchev–Trinajstić information content (AvgIpc) is 2.56. The van der Waals surface area contributed by atoms with Gasteiger partial charge in [-0.1, -0.05) is 6.07 Å². The molecule has 1 atom stereocenters. The predicted octanol–water partition coefficient (Wildman–Crippen LogP) is 1.56. The third-order valence-corrected chi connectivity index (χ3v) is 3.73. The topological polar surface area (TPSA) is 157 Å². The van der Waals surface area contributed by atoms with Crippen molar-refractivity contribution in [1.82, 2.24) is 10.6 Å². The molecular formula is C14H21N3O8S. The Hall–Kier alpha value is -2.44. The second kappa shape index (κ2) is 9.89. The summed E-state index contributed by atoms with van der Waals surface area (Å²) < 4.78 is 39.8. The maximum atomic E-state index is 11.5. The summed E-state index contributed by atoms with van der Waals surface area (Å²) in [6, 6.07) is 3.40. The fourth-order valence-corrected chi connectivity index (χ4v) is 2.54. The Morgan fingerprint density at radius 3 is 2.58 bits per heavy atom. The minimum Gasteiger partial charge on any atom is -0.441 e. The second-order valence-electron chi connectivity index (χ2n) is 5.24. The third-order valence-electron chi connectivity index (χ3n) is 3.34. The van der Waals surface area contributed by atoms with E-state index < -0.39 is 39.0 Å². The molecule has 146 valence electrons. The van der Waals surface area contributed by atoms with Crippen LogP contribution < -0.4 is 14.8 Å². The van der Waals surface area contributed by atoms with Crippen LogP contribution in [0.2, 0.25) is 0 Å². The van der Waals surface area contributed by atoms with Gasteiger partial charge >= 0.3 is 22.2 Å². The van der Waals surface area contributed by atoms with E-state index in [1.54, 1.807) is 7.05 Å². The smallest absolute Gasteiger partial charge is 0.441 e. The number of ether oxygens (including phenoxy) is 1. The quantitative estimate of drug-likeness (QED) is 0.233. The van der Waals surface area contributed by atoms with Gasteiger partial charge in [-0.15, -0.1) is 0 Å². The van der Waals surface area contributed by atoms with Gasteiger partial charge in [-0.05, 0) is 44.5 Å². The highest BCUT2D eigenvalue weighted by molar-refractivity contribution is 7.81. The van der Waals surface area contributed by atoms with E-state index in [0.717, 1.165) is 25.1 Å². The lowest BCUT2D eigenvalue weighted by atomic mass is 10.0. The van der Waals surface area contributed by atoms with Crippen LogP contribution in [-0.4, -0.2) is 44.6 Å². The van der Waals surface area contributed by atoms with Crippen molar-refractivity contribution in [1.29, 1.82) is 0 Å². The molecule has 1 aromatic carbocycles. The summed E-state index contributed by atoms with van der Waals surface area (Å²) in [6.45, 7) is 0.758. The Kier molecular flexibility index (Phi) is 8.22. The average molecular weight is 391 g/mol. The van der Waals surface area contributed by atoms with Crippen molar-refractivity contribution in [2.75, 3.05) is 20.6 Å². The molecule has 0 aliphatic rings. The fraction of sp³-hybridized carbons (Fsp3) is 0.500. The number of nitro groups is 1. The number of nitrogens with zero attached hydrogens (tertiary/aromatic N) is 1. The highest BCUT2D eigenvalue weighted by Crippen LogP contribution is 2.33. The van der Waals surface area contributed by atoms with E-state index in [2.05, 4.69) is 14.8 Å². The highest BCUT2D eigenvalue weighted by atomic mass is 32.3. The van der Waals surface area contributed by atoms with Gasteiger partial charge in [0.15, 0.2) is 0 Å². The molecule has 0 bridgehead atoms. The Morgan fingerprint density at radius 2 is 2.04 bits per heavy atom. The first-order valence-corrected chi connectivity index (χ1v) is 9.02. The van der Waals surface area contributed by atoms with Crippen molar-refractivity contribution in [3.8, 4) is 5.75 Å². The number of hydrogen-bond acceptors (Lipinski definition) is 8. The van der Waals surface area contributed by atoms with E-state index in [-0.39, 0.29) is 0 Å². The minimum atomic E-state index is -4.92. The first-order valence-electron chi connectivity index (χ1n) is 7.66. The van der Waals surface area contributed by atoms with Gasteiger partial charge in [-0.3, -0.25) is 14.7 Å². The van der Waals surface area contributed by atoms with Gasteiger partial charge in [-0.2, -0.15) is 8.42 Å². The van der Waals surface area contributed by atoms with E-state index in [9.17, 15) is 23.3 Å². The van der Waals surface area contributed by atoms with Gasteiger partial charge in [0, 0.05) is 13.1 Å². The summed E-state index contributed by atoms with van der Waals surface area (Å²) in [6.07, 6.45) is 0.412. The molecule has 0 aliphatic carbocycles. The van der Waals surface area contributed by atoms with Gasteiger partial charge in [-0.25, -0.2) is 4.79 Å². The van der Waals surface area contributed by atoms with Gasteiger partial charge in [0.1, 0.15) is 6.10 Å². The van der Waals surface area contributed by atoms with Crippen molar-refractivity contribution < 1.29 is 31.6 Å². The number of amides is 1. The Labute approximate surface area is 150 Å².